The topological polar surface area (TPSA) is 61.9 Å². The predicted molar refractivity (Wildman–Crippen MR) is 103 cm³/mol. The quantitative estimate of drug-likeness (QED) is 0.582. The van der Waals surface area contributed by atoms with E-state index >= 15 is 0 Å². The molecule has 0 saturated heterocycles. The average Bonchev–Trinajstić information content (AvgIpc) is 3.32. The third-order valence-electron chi connectivity index (χ3n) is 4.24. The molecule has 0 aliphatic carbocycles. The highest BCUT2D eigenvalue weighted by atomic mass is 32.1. The first-order chi connectivity index (χ1) is 13.8. The summed E-state index contributed by atoms with van der Waals surface area (Å²) in [5, 5.41) is 12.8. The summed E-state index contributed by atoms with van der Waals surface area (Å²) < 4.78 is 39.8. The molecule has 2 heterocycles. The molecule has 9 heteroatoms. The molecule has 0 atom stereocenters. The first-order valence-corrected chi connectivity index (χ1v) is 9.53. The molecule has 2 aromatic heterocycles. The molecule has 0 N–H and O–H groups in total. The van der Waals surface area contributed by atoms with Gasteiger partial charge in [0.1, 0.15) is 11.4 Å². The number of nitriles is 1. The SMILES string of the molecule is Cn1nc(-c2ccc(C(=O)N(CCC#N)Cc3ccccc3)s2)cc1C(F)(F)F. The molecule has 5 nitrogen and oxygen atoms in total. The second-order valence-corrected chi connectivity index (χ2v) is 7.40. The Morgan fingerprint density at radius 1 is 1.24 bits per heavy atom. The van der Waals surface area contributed by atoms with E-state index in [4.69, 9.17) is 5.26 Å². The van der Waals surface area contributed by atoms with Gasteiger partial charge in [0, 0.05) is 20.1 Å². The Labute approximate surface area is 169 Å². The van der Waals surface area contributed by atoms with E-state index in [1.165, 1.54) is 7.05 Å². The normalized spacial score (nSPS) is 11.3. The Balaban J connectivity index is 1.83. The number of alkyl halides is 3. The maximum atomic E-state index is 13.0. The van der Waals surface area contributed by atoms with Gasteiger partial charge in [0.2, 0.25) is 0 Å². The van der Waals surface area contributed by atoms with Crippen molar-refractivity contribution in [3.8, 4) is 16.6 Å². The lowest BCUT2D eigenvalue weighted by Crippen LogP contribution is -2.30. The van der Waals surface area contributed by atoms with Crippen LogP contribution in [0.4, 0.5) is 13.2 Å². The molecule has 0 bridgehead atoms. The number of hydrogen-bond acceptors (Lipinski definition) is 4. The summed E-state index contributed by atoms with van der Waals surface area (Å²) in [6, 6.07) is 15.6. The van der Waals surface area contributed by atoms with Gasteiger partial charge in [-0.2, -0.15) is 23.5 Å². The Bertz CT molecular complexity index is 1030. The summed E-state index contributed by atoms with van der Waals surface area (Å²) >= 11 is 1.08. The first kappa shape index (κ1) is 20.6. The molecule has 0 radical (unpaired) electrons. The smallest absolute Gasteiger partial charge is 0.333 e. The number of carbonyl (C=O) groups excluding carboxylic acids is 1. The Morgan fingerprint density at radius 3 is 2.59 bits per heavy atom. The van der Waals surface area contributed by atoms with Crippen molar-refractivity contribution in [2.24, 2.45) is 7.05 Å². The monoisotopic (exact) mass is 418 g/mol. The Kier molecular flexibility index (Phi) is 6.03. The van der Waals surface area contributed by atoms with E-state index in [2.05, 4.69) is 5.10 Å². The molecule has 29 heavy (non-hydrogen) atoms. The van der Waals surface area contributed by atoms with E-state index in [1.54, 1.807) is 17.0 Å². The highest BCUT2D eigenvalue weighted by Crippen LogP contribution is 2.34. The number of thiophene rings is 1. The molecule has 0 saturated carbocycles. The van der Waals surface area contributed by atoms with Crippen molar-refractivity contribution in [1.82, 2.24) is 14.7 Å². The van der Waals surface area contributed by atoms with Crippen molar-refractivity contribution in [3.63, 3.8) is 0 Å². The maximum absolute atomic E-state index is 13.0. The lowest BCUT2D eigenvalue weighted by Gasteiger charge is -2.21. The fraction of sp³-hybridized carbons (Fsp3) is 0.250. The molecule has 1 aromatic carbocycles. The molecule has 150 valence electrons. The van der Waals surface area contributed by atoms with Gasteiger partial charge in [-0.05, 0) is 23.8 Å². The van der Waals surface area contributed by atoms with Crippen molar-refractivity contribution in [2.45, 2.75) is 19.1 Å². The molecule has 0 aliphatic rings. The van der Waals surface area contributed by atoms with E-state index in [-0.39, 0.29) is 24.6 Å². The number of carbonyl (C=O) groups is 1. The maximum Gasteiger partial charge on any atom is 0.433 e. The zero-order chi connectivity index (χ0) is 21.0. The van der Waals surface area contributed by atoms with Gasteiger partial charge in [0.15, 0.2) is 0 Å². The number of benzene rings is 1. The van der Waals surface area contributed by atoms with E-state index in [0.29, 0.717) is 16.3 Å². The number of hydrogen-bond donors (Lipinski definition) is 0. The van der Waals surface area contributed by atoms with Crippen LogP contribution in [-0.4, -0.2) is 27.1 Å². The van der Waals surface area contributed by atoms with Crippen LogP contribution < -0.4 is 0 Å². The van der Waals surface area contributed by atoms with Gasteiger partial charge in [-0.15, -0.1) is 11.3 Å². The number of nitrogens with zero attached hydrogens (tertiary/aromatic N) is 4. The molecule has 3 aromatic rings. The highest BCUT2D eigenvalue weighted by Gasteiger charge is 2.35. The highest BCUT2D eigenvalue weighted by molar-refractivity contribution is 7.17. The fourth-order valence-electron chi connectivity index (χ4n) is 2.84. The van der Waals surface area contributed by atoms with Gasteiger partial charge in [0.25, 0.3) is 5.91 Å². The van der Waals surface area contributed by atoms with Gasteiger partial charge in [-0.25, -0.2) is 0 Å². The van der Waals surface area contributed by atoms with E-state index in [1.807, 2.05) is 36.4 Å². The summed E-state index contributed by atoms with van der Waals surface area (Å²) in [6.07, 6.45) is -4.31. The second kappa shape index (κ2) is 8.49. The van der Waals surface area contributed by atoms with E-state index in [0.717, 1.165) is 27.6 Å². The number of aryl methyl sites for hydroxylation is 1. The van der Waals surface area contributed by atoms with Gasteiger partial charge in [-0.3, -0.25) is 9.48 Å². The van der Waals surface area contributed by atoms with Crippen molar-refractivity contribution in [2.75, 3.05) is 6.54 Å². The molecule has 1 amide bonds. The summed E-state index contributed by atoms with van der Waals surface area (Å²) in [6.45, 7) is 0.607. The Hall–Kier alpha value is -3.12. The molecule has 0 unspecified atom stereocenters. The van der Waals surface area contributed by atoms with Crippen molar-refractivity contribution in [1.29, 1.82) is 5.26 Å². The van der Waals surface area contributed by atoms with Crippen molar-refractivity contribution in [3.05, 3.63) is 64.7 Å². The van der Waals surface area contributed by atoms with Crippen LogP contribution in [0.25, 0.3) is 10.6 Å². The molecule has 0 fully saturated rings. The lowest BCUT2D eigenvalue weighted by molar-refractivity contribution is -0.143. The molecular weight excluding hydrogens is 401 g/mol. The van der Waals surface area contributed by atoms with Crippen LogP contribution in [0.3, 0.4) is 0 Å². The zero-order valence-corrected chi connectivity index (χ0v) is 16.3. The van der Waals surface area contributed by atoms with Crippen LogP contribution in [0.2, 0.25) is 0 Å². The van der Waals surface area contributed by atoms with Crippen molar-refractivity contribution >= 4 is 17.2 Å². The number of aromatic nitrogens is 2. The van der Waals surface area contributed by atoms with E-state index in [9.17, 15) is 18.0 Å². The van der Waals surface area contributed by atoms with Crippen LogP contribution in [0.15, 0.2) is 48.5 Å². The first-order valence-electron chi connectivity index (χ1n) is 8.71. The minimum Gasteiger partial charge on any atom is -0.333 e. The summed E-state index contributed by atoms with van der Waals surface area (Å²) in [4.78, 5) is 15.4. The molecular formula is C20H17F3N4OS. The standard InChI is InChI=1S/C20H17F3N4OS/c1-26-18(20(21,22)23)12-15(25-26)16-8-9-17(29-16)19(28)27(11-5-10-24)13-14-6-3-2-4-7-14/h2-4,6-9,12H,5,11,13H2,1H3. The summed E-state index contributed by atoms with van der Waals surface area (Å²) in [5.41, 5.74) is 0.235. The molecule has 3 rings (SSSR count). The van der Waals surface area contributed by atoms with Crippen LogP contribution in [0.1, 0.15) is 27.3 Å². The third-order valence-corrected chi connectivity index (χ3v) is 5.33. The number of amides is 1. The van der Waals surface area contributed by atoms with Crippen LogP contribution in [0.5, 0.6) is 0 Å². The molecule has 0 aliphatic heterocycles. The van der Waals surface area contributed by atoms with Gasteiger partial charge in [-0.1, -0.05) is 30.3 Å². The largest absolute Gasteiger partial charge is 0.433 e. The van der Waals surface area contributed by atoms with Gasteiger partial charge >= 0.3 is 6.18 Å². The van der Waals surface area contributed by atoms with E-state index < -0.39 is 11.9 Å². The van der Waals surface area contributed by atoms with Gasteiger partial charge in [0.05, 0.1) is 22.2 Å². The summed E-state index contributed by atoms with van der Waals surface area (Å²) in [7, 11) is 1.23. The van der Waals surface area contributed by atoms with Crippen LogP contribution >= 0.6 is 11.3 Å². The lowest BCUT2D eigenvalue weighted by atomic mass is 10.2. The minimum atomic E-state index is -4.50. The van der Waals surface area contributed by atoms with Gasteiger partial charge < -0.3 is 4.90 Å². The van der Waals surface area contributed by atoms with Crippen molar-refractivity contribution < 1.29 is 18.0 Å². The zero-order valence-electron chi connectivity index (χ0n) is 15.5. The van der Waals surface area contributed by atoms with Crippen LogP contribution in [-0.2, 0) is 19.8 Å². The average molecular weight is 418 g/mol. The summed E-state index contributed by atoms with van der Waals surface area (Å²) in [5.74, 6) is -0.271. The molecule has 0 spiro atoms. The second-order valence-electron chi connectivity index (χ2n) is 6.32. The predicted octanol–water partition coefficient (Wildman–Crippen LogP) is 4.72. The Morgan fingerprint density at radius 2 is 1.97 bits per heavy atom. The third kappa shape index (κ3) is 4.84. The fourth-order valence-corrected chi connectivity index (χ4v) is 3.77. The number of halogens is 3. The van der Waals surface area contributed by atoms with Crippen LogP contribution in [0, 0.1) is 11.3 Å². The number of rotatable bonds is 6. The minimum absolute atomic E-state index is 0.163.